The molecule has 2 unspecified atom stereocenters. The zero-order valence-electron chi connectivity index (χ0n) is 24.2. The average Bonchev–Trinajstić information content (AvgIpc) is 3.80. The monoisotopic (exact) mass is 590 g/mol. The summed E-state index contributed by atoms with van der Waals surface area (Å²) in [6.45, 7) is 3.24. The molecule has 2 aliphatic rings. The van der Waals surface area contributed by atoms with Crippen molar-refractivity contribution >= 4 is 17.8 Å². The molecule has 2 fully saturated rings. The summed E-state index contributed by atoms with van der Waals surface area (Å²) in [6, 6.07) is 6.73. The molecule has 2 heterocycles. The highest BCUT2D eigenvalue weighted by Gasteiger charge is 2.30. The van der Waals surface area contributed by atoms with E-state index in [1.807, 2.05) is 0 Å². The van der Waals surface area contributed by atoms with Gasteiger partial charge in [-0.3, -0.25) is 9.59 Å². The molecule has 1 amide bonds. The van der Waals surface area contributed by atoms with Gasteiger partial charge in [0.25, 0.3) is 5.91 Å². The van der Waals surface area contributed by atoms with Crippen molar-refractivity contribution in [2.24, 2.45) is 11.8 Å². The number of esters is 2. The molecule has 1 aromatic heterocycles. The van der Waals surface area contributed by atoms with Crippen molar-refractivity contribution in [3.8, 4) is 11.5 Å². The SMILES string of the molecule is COc1ccnc(C(=O)N[C@H]2COCCC(Cc3ccc(F)cc3)CC(C)OC2=O)c1OCOC(C)=O.OCC1CC1. The Morgan fingerprint density at radius 1 is 1.14 bits per heavy atom. The van der Waals surface area contributed by atoms with Crippen LogP contribution in [0.15, 0.2) is 36.5 Å². The van der Waals surface area contributed by atoms with Gasteiger partial charge in [0, 0.05) is 32.4 Å². The minimum atomic E-state index is -1.09. The number of aromatic nitrogens is 1. The van der Waals surface area contributed by atoms with Gasteiger partial charge in [-0.05, 0) is 68.6 Å². The number of cyclic esters (lactones) is 1. The van der Waals surface area contributed by atoms with Gasteiger partial charge in [0.15, 0.2) is 23.2 Å². The second kappa shape index (κ2) is 16.6. The van der Waals surface area contributed by atoms with Crippen LogP contribution in [0.5, 0.6) is 11.5 Å². The lowest BCUT2D eigenvalue weighted by Gasteiger charge is -2.26. The molecule has 230 valence electrons. The van der Waals surface area contributed by atoms with Crippen LogP contribution in [0.1, 0.15) is 55.6 Å². The number of hydrogen-bond acceptors (Lipinski definition) is 10. The Balaban J connectivity index is 0.000000873. The lowest BCUT2D eigenvalue weighted by atomic mass is 9.91. The number of benzene rings is 1. The van der Waals surface area contributed by atoms with E-state index < -0.39 is 36.8 Å². The van der Waals surface area contributed by atoms with E-state index in [-0.39, 0.29) is 35.5 Å². The summed E-state index contributed by atoms with van der Waals surface area (Å²) in [5.74, 6) is -1.22. The third-order valence-corrected chi connectivity index (χ3v) is 6.69. The molecule has 1 aliphatic carbocycles. The maximum Gasteiger partial charge on any atom is 0.331 e. The first-order valence-electron chi connectivity index (χ1n) is 13.9. The summed E-state index contributed by atoms with van der Waals surface area (Å²) in [5, 5.41) is 10.8. The lowest BCUT2D eigenvalue weighted by molar-refractivity contribution is -0.154. The molecule has 1 saturated heterocycles. The van der Waals surface area contributed by atoms with Gasteiger partial charge < -0.3 is 34.1 Å². The van der Waals surface area contributed by atoms with E-state index >= 15 is 0 Å². The molecule has 2 N–H and O–H groups in total. The molecule has 42 heavy (non-hydrogen) atoms. The minimum absolute atomic E-state index is 0.0464. The lowest BCUT2D eigenvalue weighted by Crippen LogP contribution is -2.46. The van der Waals surface area contributed by atoms with Crippen LogP contribution >= 0.6 is 0 Å². The zero-order valence-corrected chi connectivity index (χ0v) is 24.2. The van der Waals surface area contributed by atoms with Crippen LogP contribution in [-0.4, -0.2) is 73.8 Å². The van der Waals surface area contributed by atoms with Gasteiger partial charge in [-0.1, -0.05) is 12.1 Å². The van der Waals surface area contributed by atoms with Gasteiger partial charge in [0.1, 0.15) is 5.82 Å². The predicted octanol–water partition coefficient (Wildman–Crippen LogP) is 3.22. The third kappa shape index (κ3) is 10.9. The van der Waals surface area contributed by atoms with Crippen molar-refractivity contribution in [1.29, 1.82) is 0 Å². The van der Waals surface area contributed by atoms with Crippen LogP contribution in [0.4, 0.5) is 4.39 Å². The van der Waals surface area contributed by atoms with Gasteiger partial charge in [-0.2, -0.15) is 0 Å². The van der Waals surface area contributed by atoms with E-state index in [4.69, 9.17) is 28.8 Å². The topological polar surface area (TPSA) is 143 Å². The number of carbonyl (C=O) groups excluding carboxylic acids is 3. The van der Waals surface area contributed by atoms with E-state index in [2.05, 4.69) is 10.3 Å². The number of nitrogens with one attached hydrogen (secondary N) is 1. The van der Waals surface area contributed by atoms with Gasteiger partial charge in [0.2, 0.25) is 6.79 Å². The summed E-state index contributed by atoms with van der Waals surface area (Å²) in [6.07, 6.45) is 5.44. The first kappa shape index (κ1) is 32.7. The van der Waals surface area contributed by atoms with Crippen molar-refractivity contribution in [3.05, 3.63) is 53.6 Å². The van der Waals surface area contributed by atoms with Crippen molar-refractivity contribution in [2.45, 2.75) is 58.1 Å². The Kier molecular flexibility index (Phi) is 13.0. The van der Waals surface area contributed by atoms with Crippen molar-refractivity contribution < 1.29 is 47.6 Å². The molecule has 12 heteroatoms. The number of halogens is 1. The first-order valence-corrected chi connectivity index (χ1v) is 13.9. The average molecular weight is 591 g/mol. The number of rotatable bonds is 9. The van der Waals surface area contributed by atoms with E-state index in [0.29, 0.717) is 38.4 Å². The Bertz CT molecular complexity index is 1170. The van der Waals surface area contributed by atoms with Crippen LogP contribution in [0.2, 0.25) is 0 Å². The number of methoxy groups -OCH3 is 1. The van der Waals surface area contributed by atoms with Crippen LogP contribution in [0.25, 0.3) is 0 Å². The Labute approximate surface area is 244 Å². The van der Waals surface area contributed by atoms with Crippen LogP contribution in [0.3, 0.4) is 0 Å². The fourth-order valence-electron chi connectivity index (χ4n) is 4.27. The number of carbonyl (C=O) groups is 3. The predicted molar refractivity (Wildman–Crippen MR) is 148 cm³/mol. The molecule has 1 aromatic carbocycles. The number of pyridine rings is 1. The van der Waals surface area contributed by atoms with E-state index in [9.17, 15) is 18.8 Å². The largest absolute Gasteiger partial charge is 0.493 e. The molecule has 0 bridgehead atoms. The number of aliphatic hydroxyl groups is 1. The molecular formula is C30H39FN2O9. The van der Waals surface area contributed by atoms with E-state index in [1.54, 1.807) is 19.1 Å². The number of hydrogen-bond donors (Lipinski definition) is 2. The minimum Gasteiger partial charge on any atom is -0.493 e. The molecule has 4 rings (SSSR count). The first-order chi connectivity index (χ1) is 20.2. The summed E-state index contributed by atoms with van der Waals surface area (Å²) < 4.78 is 40.0. The van der Waals surface area contributed by atoms with Gasteiger partial charge in [-0.25, -0.2) is 14.2 Å². The Hall–Kier alpha value is -3.77. The summed E-state index contributed by atoms with van der Waals surface area (Å²) in [5.41, 5.74) is 0.827. The summed E-state index contributed by atoms with van der Waals surface area (Å²) in [7, 11) is 1.38. The molecule has 0 spiro atoms. The Morgan fingerprint density at radius 3 is 2.50 bits per heavy atom. The highest BCUT2D eigenvalue weighted by Crippen LogP contribution is 2.30. The van der Waals surface area contributed by atoms with Crippen molar-refractivity contribution in [3.63, 3.8) is 0 Å². The van der Waals surface area contributed by atoms with Crippen LogP contribution < -0.4 is 14.8 Å². The molecule has 1 aliphatic heterocycles. The van der Waals surface area contributed by atoms with Gasteiger partial charge in [-0.15, -0.1) is 0 Å². The van der Waals surface area contributed by atoms with Crippen LogP contribution in [-0.2, 0) is 30.2 Å². The quantitative estimate of drug-likeness (QED) is 0.330. The number of ether oxygens (including phenoxy) is 5. The number of nitrogens with zero attached hydrogens (tertiary/aromatic N) is 1. The maximum atomic E-state index is 13.2. The highest BCUT2D eigenvalue weighted by atomic mass is 19.1. The molecule has 0 radical (unpaired) electrons. The smallest absolute Gasteiger partial charge is 0.331 e. The second-order valence-corrected chi connectivity index (χ2v) is 10.3. The van der Waals surface area contributed by atoms with Crippen molar-refractivity contribution in [1.82, 2.24) is 10.3 Å². The number of aliphatic hydroxyl groups excluding tert-OH is 1. The number of amides is 1. The fraction of sp³-hybridized carbons (Fsp3) is 0.533. The molecule has 2 aromatic rings. The van der Waals surface area contributed by atoms with E-state index in [1.165, 1.54) is 51.3 Å². The standard InChI is InChI=1S/C26H31FN2O8.C4H8O/c1-16-12-19(13-18-4-6-20(27)7-5-18)9-11-34-14-21(26(32)37-16)29-25(31)23-24(36-15-35-17(2)30)22(33-3)8-10-28-23;5-3-4-1-2-4/h4-8,10,16,19,21H,9,11-15H2,1-3H3,(H,29,31);4-5H,1-3H2/t16?,19?,21-;/m0./s1. The molecule has 3 atom stereocenters. The maximum absolute atomic E-state index is 13.2. The molecule has 11 nitrogen and oxygen atoms in total. The second-order valence-electron chi connectivity index (χ2n) is 10.3. The van der Waals surface area contributed by atoms with E-state index in [0.717, 1.165) is 5.56 Å². The van der Waals surface area contributed by atoms with Crippen LogP contribution in [0, 0.1) is 17.7 Å². The Morgan fingerprint density at radius 2 is 1.88 bits per heavy atom. The van der Waals surface area contributed by atoms with Crippen molar-refractivity contribution in [2.75, 3.05) is 33.7 Å². The highest BCUT2D eigenvalue weighted by molar-refractivity contribution is 5.98. The fourth-order valence-corrected chi connectivity index (χ4v) is 4.27. The van der Waals surface area contributed by atoms with Gasteiger partial charge >= 0.3 is 11.9 Å². The zero-order chi connectivity index (χ0) is 30.5. The third-order valence-electron chi connectivity index (χ3n) is 6.69. The molecular weight excluding hydrogens is 551 g/mol. The normalized spacial score (nSPS) is 20.7. The van der Waals surface area contributed by atoms with Gasteiger partial charge in [0.05, 0.1) is 19.8 Å². The molecule has 1 saturated carbocycles. The summed E-state index contributed by atoms with van der Waals surface area (Å²) in [4.78, 5) is 41.0. The summed E-state index contributed by atoms with van der Waals surface area (Å²) >= 11 is 0.